The zero-order valence-corrected chi connectivity index (χ0v) is 8.14. The number of primary amides is 1. The second-order valence-corrected chi connectivity index (χ2v) is 2.71. The van der Waals surface area contributed by atoms with Gasteiger partial charge in [0.25, 0.3) is 0 Å². The number of carbonyl (C=O) groups is 2. The standard InChI is InChI=1S/C9H11N3O3/c1-15-7-5-3-2-4-6(7)12(11)9(14)8(10)13/h2-5H,11H2,1H3,(H2,10,13). The first-order valence-electron chi connectivity index (χ1n) is 4.09. The van der Waals surface area contributed by atoms with E-state index in [1.54, 1.807) is 24.3 Å². The van der Waals surface area contributed by atoms with Crippen LogP contribution in [0.5, 0.6) is 5.75 Å². The van der Waals surface area contributed by atoms with Gasteiger partial charge in [0.15, 0.2) is 0 Å². The largest absolute Gasteiger partial charge is 0.495 e. The minimum absolute atomic E-state index is 0.281. The van der Waals surface area contributed by atoms with Gasteiger partial charge in [-0.2, -0.15) is 0 Å². The summed E-state index contributed by atoms with van der Waals surface area (Å²) in [4.78, 5) is 21.8. The highest BCUT2D eigenvalue weighted by Gasteiger charge is 2.19. The second-order valence-electron chi connectivity index (χ2n) is 2.71. The molecule has 6 heteroatoms. The quantitative estimate of drug-likeness (QED) is 0.293. The normalized spacial score (nSPS) is 9.47. The number of carbonyl (C=O) groups excluding carboxylic acids is 2. The Bertz CT molecular complexity index is 392. The predicted octanol–water partition coefficient (Wildman–Crippen LogP) is -0.613. The lowest BCUT2D eigenvalue weighted by atomic mass is 10.3. The zero-order valence-electron chi connectivity index (χ0n) is 8.14. The maximum absolute atomic E-state index is 11.2. The molecule has 0 aromatic heterocycles. The average Bonchev–Trinajstić information content (AvgIpc) is 2.26. The van der Waals surface area contributed by atoms with E-state index in [0.717, 1.165) is 0 Å². The highest BCUT2D eigenvalue weighted by Crippen LogP contribution is 2.25. The smallest absolute Gasteiger partial charge is 0.330 e. The van der Waals surface area contributed by atoms with Crippen molar-refractivity contribution in [1.29, 1.82) is 0 Å². The number of nitrogens with zero attached hydrogens (tertiary/aromatic N) is 1. The van der Waals surface area contributed by atoms with Gasteiger partial charge in [0.1, 0.15) is 11.4 Å². The van der Waals surface area contributed by atoms with Crippen LogP contribution >= 0.6 is 0 Å². The van der Waals surface area contributed by atoms with Gasteiger partial charge in [-0.15, -0.1) is 0 Å². The van der Waals surface area contributed by atoms with Crippen LogP contribution in [-0.2, 0) is 9.59 Å². The number of para-hydroxylation sites is 2. The minimum atomic E-state index is -1.12. The number of methoxy groups -OCH3 is 1. The lowest BCUT2D eigenvalue weighted by Crippen LogP contribution is -2.45. The van der Waals surface area contributed by atoms with Crippen molar-refractivity contribution in [3.8, 4) is 5.75 Å². The predicted molar refractivity (Wildman–Crippen MR) is 53.9 cm³/mol. The second kappa shape index (κ2) is 4.43. The van der Waals surface area contributed by atoms with Crippen LogP contribution in [0.3, 0.4) is 0 Å². The van der Waals surface area contributed by atoms with E-state index in [1.165, 1.54) is 7.11 Å². The summed E-state index contributed by atoms with van der Waals surface area (Å²) in [6.45, 7) is 0. The molecule has 0 saturated heterocycles. The molecule has 0 saturated carbocycles. The molecule has 0 heterocycles. The Morgan fingerprint density at radius 2 is 1.93 bits per heavy atom. The molecule has 0 aliphatic heterocycles. The Morgan fingerprint density at radius 1 is 1.33 bits per heavy atom. The van der Waals surface area contributed by atoms with E-state index < -0.39 is 11.8 Å². The van der Waals surface area contributed by atoms with Crippen molar-refractivity contribution < 1.29 is 14.3 Å². The van der Waals surface area contributed by atoms with E-state index in [0.29, 0.717) is 10.8 Å². The van der Waals surface area contributed by atoms with Crippen molar-refractivity contribution in [2.75, 3.05) is 12.1 Å². The van der Waals surface area contributed by atoms with E-state index >= 15 is 0 Å². The number of ether oxygens (including phenoxy) is 1. The molecule has 4 N–H and O–H groups in total. The third-order valence-electron chi connectivity index (χ3n) is 1.77. The summed E-state index contributed by atoms with van der Waals surface area (Å²) in [6, 6.07) is 6.53. The van der Waals surface area contributed by atoms with Crippen molar-refractivity contribution >= 4 is 17.5 Å². The number of benzene rings is 1. The van der Waals surface area contributed by atoms with E-state index in [2.05, 4.69) is 0 Å². The Hall–Kier alpha value is -2.08. The van der Waals surface area contributed by atoms with E-state index in [9.17, 15) is 9.59 Å². The molecule has 0 atom stereocenters. The van der Waals surface area contributed by atoms with Crippen molar-refractivity contribution in [2.45, 2.75) is 0 Å². The van der Waals surface area contributed by atoms with Crippen LogP contribution in [0.15, 0.2) is 24.3 Å². The van der Waals surface area contributed by atoms with Gasteiger partial charge >= 0.3 is 11.8 Å². The monoisotopic (exact) mass is 209 g/mol. The molecule has 0 radical (unpaired) electrons. The van der Waals surface area contributed by atoms with Crippen LogP contribution in [0.1, 0.15) is 0 Å². The molecule has 0 aliphatic rings. The molecule has 0 fully saturated rings. The number of nitrogens with two attached hydrogens (primary N) is 2. The first kappa shape index (κ1) is 11.0. The Kier molecular flexibility index (Phi) is 3.25. The van der Waals surface area contributed by atoms with E-state index in [1.807, 2.05) is 0 Å². The van der Waals surface area contributed by atoms with Gasteiger partial charge in [-0.1, -0.05) is 12.1 Å². The molecule has 1 rings (SSSR count). The number of hydrogen-bond acceptors (Lipinski definition) is 4. The van der Waals surface area contributed by atoms with Gasteiger partial charge in [0, 0.05) is 0 Å². The highest BCUT2D eigenvalue weighted by molar-refractivity contribution is 6.39. The molecule has 15 heavy (non-hydrogen) atoms. The maximum atomic E-state index is 11.2. The third kappa shape index (κ3) is 2.23. The number of anilines is 1. The van der Waals surface area contributed by atoms with E-state index in [-0.39, 0.29) is 5.69 Å². The summed E-state index contributed by atoms with van der Waals surface area (Å²) < 4.78 is 4.97. The average molecular weight is 209 g/mol. The van der Waals surface area contributed by atoms with E-state index in [4.69, 9.17) is 16.3 Å². The number of hydrogen-bond donors (Lipinski definition) is 2. The van der Waals surface area contributed by atoms with Crippen LogP contribution in [0.25, 0.3) is 0 Å². The van der Waals surface area contributed by atoms with Crippen molar-refractivity contribution in [3.05, 3.63) is 24.3 Å². The van der Waals surface area contributed by atoms with Crippen molar-refractivity contribution in [1.82, 2.24) is 0 Å². The molecule has 1 aromatic rings. The summed E-state index contributed by atoms with van der Waals surface area (Å²) in [5, 5.41) is 0.654. The summed E-state index contributed by atoms with van der Waals surface area (Å²) >= 11 is 0. The highest BCUT2D eigenvalue weighted by atomic mass is 16.5. The zero-order chi connectivity index (χ0) is 11.4. The fourth-order valence-corrected chi connectivity index (χ4v) is 1.06. The van der Waals surface area contributed by atoms with Gasteiger partial charge < -0.3 is 10.5 Å². The van der Waals surface area contributed by atoms with Gasteiger partial charge in [-0.05, 0) is 12.1 Å². The van der Waals surface area contributed by atoms with Gasteiger partial charge in [-0.25, -0.2) is 10.9 Å². The molecule has 1 aromatic carbocycles. The molecule has 2 amide bonds. The topological polar surface area (TPSA) is 98.7 Å². The van der Waals surface area contributed by atoms with Crippen LogP contribution in [0.2, 0.25) is 0 Å². The summed E-state index contributed by atoms with van der Waals surface area (Å²) in [5.74, 6) is 3.68. The van der Waals surface area contributed by atoms with Crippen molar-refractivity contribution in [2.24, 2.45) is 11.6 Å². The van der Waals surface area contributed by atoms with Crippen LogP contribution in [-0.4, -0.2) is 18.9 Å². The summed E-state index contributed by atoms with van der Waals surface area (Å²) in [6.07, 6.45) is 0. The Labute approximate surface area is 86.4 Å². The molecule has 0 unspecified atom stereocenters. The van der Waals surface area contributed by atoms with Gasteiger partial charge in [-0.3, -0.25) is 9.59 Å². The summed E-state index contributed by atoms with van der Waals surface area (Å²) in [7, 11) is 1.43. The number of rotatable bonds is 2. The minimum Gasteiger partial charge on any atom is -0.495 e. The van der Waals surface area contributed by atoms with Crippen molar-refractivity contribution in [3.63, 3.8) is 0 Å². The van der Waals surface area contributed by atoms with Crippen LogP contribution in [0, 0.1) is 0 Å². The lowest BCUT2D eigenvalue weighted by Gasteiger charge is -2.17. The van der Waals surface area contributed by atoms with Gasteiger partial charge in [0.05, 0.1) is 7.11 Å². The fraction of sp³-hybridized carbons (Fsp3) is 0.111. The molecule has 0 bridgehead atoms. The third-order valence-corrected chi connectivity index (χ3v) is 1.77. The fourth-order valence-electron chi connectivity index (χ4n) is 1.06. The number of amides is 2. The molecular formula is C9H11N3O3. The molecule has 80 valence electrons. The Morgan fingerprint density at radius 3 is 2.47 bits per heavy atom. The summed E-state index contributed by atoms with van der Waals surface area (Å²) in [5.41, 5.74) is 5.10. The van der Waals surface area contributed by atoms with Crippen LogP contribution < -0.4 is 21.3 Å². The van der Waals surface area contributed by atoms with Gasteiger partial charge in [0.2, 0.25) is 0 Å². The SMILES string of the molecule is COc1ccccc1N(N)C(=O)C(N)=O. The number of hydrazine groups is 1. The molecule has 6 nitrogen and oxygen atoms in total. The molecule has 0 aliphatic carbocycles. The lowest BCUT2D eigenvalue weighted by molar-refractivity contribution is -0.135. The maximum Gasteiger partial charge on any atom is 0.330 e. The Balaban J connectivity index is 3.05. The van der Waals surface area contributed by atoms with Crippen LogP contribution in [0.4, 0.5) is 5.69 Å². The first-order valence-corrected chi connectivity index (χ1v) is 4.09. The first-order chi connectivity index (χ1) is 7.07. The molecule has 0 spiro atoms. The molecular weight excluding hydrogens is 198 g/mol.